The number of rotatable bonds is 5. The quantitative estimate of drug-likeness (QED) is 0.891. The normalized spacial score (nSPS) is 14.4. The van der Waals surface area contributed by atoms with Gasteiger partial charge in [-0.2, -0.15) is 0 Å². The zero-order valence-corrected chi connectivity index (χ0v) is 12.6. The molecule has 0 bridgehead atoms. The van der Waals surface area contributed by atoms with Gasteiger partial charge in [-0.15, -0.1) is 10.2 Å². The van der Waals surface area contributed by atoms with E-state index in [1.54, 1.807) is 11.2 Å². The summed E-state index contributed by atoms with van der Waals surface area (Å²) < 4.78 is 1.82. The van der Waals surface area contributed by atoms with E-state index in [0.29, 0.717) is 12.4 Å². The Morgan fingerprint density at radius 1 is 1.32 bits per heavy atom. The molecule has 1 fully saturated rings. The van der Waals surface area contributed by atoms with Crippen molar-refractivity contribution in [2.45, 2.75) is 6.54 Å². The van der Waals surface area contributed by atoms with E-state index in [9.17, 15) is 9.59 Å². The highest BCUT2D eigenvalue weighted by Crippen LogP contribution is 2.16. The first-order valence-corrected chi connectivity index (χ1v) is 7.85. The molecule has 2 aromatic rings. The van der Waals surface area contributed by atoms with Gasteiger partial charge in [0, 0.05) is 18.0 Å². The van der Waals surface area contributed by atoms with Crippen molar-refractivity contribution < 1.29 is 9.59 Å². The highest BCUT2D eigenvalue weighted by atomic mass is 32.2. The Morgan fingerprint density at radius 3 is 2.86 bits per heavy atom. The molecule has 1 aliphatic rings. The van der Waals surface area contributed by atoms with Crippen LogP contribution in [0.25, 0.3) is 5.69 Å². The molecule has 0 unspecified atom stereocenters. The first kappa shape index (κ1) is 14.6. The molecule has 1 aromatic heterocycles. The summed E-state index contributed by atoms with van der Waals surface area (Å²) in [5.41, 5.74) is 0.933. The Morgan fingerprint density at radius 2 is 2.14 bits per heavy atom. The van der Waals surface area contributed by atoms with Gasteiger partial charge in [0.15, 0.2) is 5.82 Å². The maximum absolute atomic E-state index is 11.9. The number of thioether (sulfide) groups is 1. The van der Waals surface area contributed by atoms with E-state index in [-0.39, 0.29) is 24.2 Å². The van der Waals surface area contributed by atoms with Crippen LogP contribution in [-0.4, -0.2) is 49.7 Å². The van der Waals surface area contributed by atoms with Crippen molar-refractivity contribution in [3.63, 3.8) is 0 Å². The number of hydrogen-bond donors (Lipinski definition) is 1. The highest BCUT2D eigenvalue weighted by Gasteiger charge is 2.23. The lowest BCUT2D eigenvalue weighted by Crippen LogP contribution is -2.37. The molecule has 7 nitrogen and oxygen atoms in total. The SMILES string of the molecule is O=C(CN1CCSC1=O)NCc1nncn1-c1ccccc1. The number of carbonyl (C=O) groups excluding carboxylic acids is 2. The molecule has 2 heterocycles. The molecular formula is C14H15N5O2S. The maximum Gasteiger partial charge on any atom is 0.282 e. The molecule has 0 radical (unpaired) electrons. The summed E-state index contributed by atoms with van der Waals surface area (Å²) >= 11 is 1.24. The lowest BCUT2D eigenvalue weighted by molar-refractivity contribution is -0.121. The van der Waals surface area contributed by atoms with Gasteiger partial charge in [0.05, 0.1) is 6.54 Å². The minimum absolute atomic E-state index is 0.0393. The van der Waals surface area contributed by atoms with Crippen LogP contribution in [0.1, 0.15) is 5.82 Å². The highest BCUT2D eigenvalue weighted by molar-refractivity contribution is 8.13. The molecule has 0 saturated carbocycles. The van der Waals surface area contributed by atoms with Gasteiger partial charge in [-0.25, -0.2) is 0 Å². The smallest absolute Gasteiger partial charge is 0.282 e. The third-order valence-corrected chi connectivity index (χ3v) is 4.17. The van der Waals surface area contributed by atoms with Gasteiger partial charge >= 0.3 is 0 Å². The zero-order valence-electron chi connectivity index (χ0n) is 11.8. The molecule has 2 amide bonds. The van der Waals surface area contributed by atoms with Crippen LogP contribution in [0.5, 0.6) is 0 Å². The fourth-order valence-electron chi connectivity index (χ4n) is 2.16. The van der Waals surface area contributed by atoms with Gasteiger partial charge in [-0.05, 0) is 12.1 Å². The van der Waals surface area contributed by atoms with Crippen molar-refractivity contribution >= 4 is 22.9 Å². The maximum atomic E-state index is 11.9. The van der Waals surface area contributed by atoms with Crippen molar-refractivity contribution in [3.8, 4) is 5.69 Å². The van der Waals surface area contributed by atoms with Crippen molar-refractivity contribution in [1.82, 2.24) is 25.0 Å². The Labute approximate surface area is 131 Å². The van der Waals surface area contributed by atoms with Crippen molar-refractivity contribution in [3.05, 3.63) is 42.5 Å². The van der Waals surface area contributed by atoms with Crippen LogP contribution in [0.4, 0.5) is 4.79 Å². The summed E-state index contributed by atoms with van der Waals surface area (Å²) in [4.78, 5) is 24.9. The monoisotopic (exact) mass is 317 g/mol. The van der Waals surface area contributed by atoms with Crippen LogP contribution in [0.15, 0.2) is 36.7 Å². The number of hydrogen-bond acceptors (Lipinski definition) is 5. The molecule has 1 aliphatic heterocycles. The van der Waals surface area contributed by atoms with E-state index in [2.05, 4.69) is 15.5 Å². The minimum atomic E-state index is -0.196. The number of nitrogens with zero attached hydrogens (tertiary/aromatic N) is 4. The molecule has 114 valence electrons. The van der Waals surface area contributed by atoms with E-state index in [0.717, 1.165) is 11.4 Å². The number of aromatic nitrogens is 3. The summed E-state index contributed by atoms with van der Waals surface area (Å²) in [6.07, 6.45) is 1.61. The first-order chi connectivity index (χ1) is 10.7. The van der Waals surface area contributed by atoms with Crippen LogP contribution in [-0.2, 0) is 11.3 Å². The molecule has 8 heteroatoms. The number of amides is 2. The van der Waals surface area contributed by atoms with Gasteiger partial charge < -0.3 is 10.2 Å². The van der Waals surface area contributed by atoms with Gasteiger partial charge in [0.25, 0.3) is 5.24 Å². The second-order valence-electron chi connectivity index (χ2n) is 4.77. The predicted octanol–water partition coefficient (Wildman–Crippen LogP) is 1.05. The third kappa shape index (κ3) is 3.28. The summed E-state index contributed by atoms with van der Waals surface area (Å²) in [6, 6.07) is 9.66. The van der Waals surface area contributed by atoms with E-state index in [1.165, 1.54) is 11.8 Å². The molecule has 0 spiro atoms. The number of benzene rings is 1. The Bertz CT molecular complexity index is 673. The molecule has 22 heavy (non-hydrogen) atoms. The molecule has 1 aromatic carbocycles. The lowest BCUT2D eigenvalue weighted by atomic mass is 10.3. The summed E-state index contributed by atoms with van der Waals surface area (Å²) in [6.45, 7) is 0.978. The van der Waals surface area contributed by atoms with Crippen LogP contribution >= 0.6 is 11.8 Å². The van der Waals surface area contributed by atoms with E-state index < -0.39 is 0 Å². The van der Waals surface area contributed by atoms with Crippen LogP contribution in [0, 0.1) is 0 Å². The largest absolute Gasteiger partial charge is 0.347 e. The van der Waals surface area contributed by atoms with Gasteiger partial charge in [0.1, 0.15) is 12.9 Å². The number of carbonyl (C=O) groups is 2. The van der Waals surface area contributed by atoms with Crippen LogP contribution < -0.4 is 5.32 Å². The number of nitrogens with one attached hydrogen (secondary N) is 1. The number of para-hydroxylation sites is 1. The van der Waals surface area contributed by atoms with Crippen molar-refractivity contribution in [2.24, 2.45) is 0 Å². The van der Waals surface area contributed by atoms with Crippen molar-refractivity contribution in [1.29, 1.82) is 0 Å². The second kappa shape index (κ2) is 6.61. The standard InChI is InChI=1S/C14H15N5O2S/c20-13(9-18-6-7-22-14(18)21)15-8-12-17-16-10-19(12)11-4-2-1-3-5-11/h1-5,10H,6-9H2,(H,15,20). The third-order valence-electron chi connectivity index (χ3n) is 3.28. The molecular weight excluding hydrogens is 302 g/mol. The molecule has 0 aliphatic carbocycles. The Balaban J connectivity index is 1.59. The molecule has 0 atom stereocenters. The Kier molecular flexibility index (Phi) is 4.38. The topological polar surface area (TPSA) is 80.1 Å². The first-order valence-electron chi connectivity index (χ1n) is 6.87. The Hall–Kier alpha value is -2.35. The molecule has 3 rings (SSSR count). The molecule has 1 saturated heterocycles. The van der Waals surface area contributed by atoms with Gasteiger partial charge in [-0.1, -0.05) is 30.0 Å². The van der Waals surface area contributed by atoms with E-state index in [4.69, 9.17) is 0 Å². The van der Waals surface area contributed by atoms with E-state index >= 15 is 0 Å². The van der Waals surface area contributed by atoms with Gasteiger partial charge in [0.2, 0.25) is 5.91 Å². The van der Waals surface area contributed by atoms with E-state index in [1.807, 2.05) is 34.9 Å². The zero-order chi connectivity index (χ0) is 15.4. The average molecular weight is 317 g/mol. The average Bonchev–Trinajstić information content (AvgIpc) is 3.16. The summed E-state index contributed by atoms with van der Waals surface area (Å²) in [7, 11) is 0. The van der Waals surface area contributed by atoms with Gasteiger partial charge in [-0.3, -0.25) is 14.2 Å². The second-order valence-corrected chi connectivity index (χ2v) is 5.81. The summed E-state index contributed by atoms with van der Waals surface area (Å²) in [5.74, 6) is 1.19. The fourth-order valence-corrected chi connectivity index (χ4v) is 2.98. The summed E-state index contributed by atoms with van der Waals surface area (Å²) in [5, 5.41) is 10.6. The molecule has 1 N–H and O–H groups in total. The minimum Gasteiger partial charge on any atom is -0.347 e. The van der Waals surface area contributed by atoms with Crippen molar-refractivity contribution in [2.75, 3.05) is 18.8 Å². The van der Waals surface area contributed by atoms with Crippen LogP contribution in [0.2, 0.25) is 0 Å². The predicted molar refractivity (Wildman–Crippen MR) is 82.6 cm³/mol. The fraction of sp³-hybridized carbons (Fsp3) is 0.286. The lowest BCUT2D eigenvalue weighted by Gasteiger charge is -2.14. The van der Waals surface area contributed by atoms with Crippen LogP contribution in [0.3, 0.4) is 0 Å².